The third kappa shape index (κ3) is 4.35. The number of halogens is 1. The number of benzene rings is 2. The second-order valence-corrected chi connectivity index (χ2v) is 9.55. The Morgan fingerprint density at radius 3 is 2.74 bits per heavy atom. The zero-order chi connectivity index (χ0) is 21.4. The van der Waals surface area contributed by atoms with Gasteiger partial charge < -0.3 is 4.98 Å². The summed E-state index contributed by atoms with van der Waals surface area (Å²) in [4.78, 5) is 25.4. The molecule has 0 aliphatic carbocycles. The fraction of sp³-hybridized carbons (Fsp3) is 0.200. The van der Waals surface area contributed by atoms with Crippen molar-refractivity contribution in [3.8, 4) is 21.8 Å². The third-order valence-electron chi connectivity index (χ3n) is 5.61. The van der Waals surface area contributed by atoms with Crippen LogP contribution in [0.1, 0.15) is 21.7 Å². The molecule has 6 heteroatoms. The number of nitrogens with zero attached hydrogens (tertiary/aromatic N) is 2. The first-order chi connectivity index (χ1) is 15.0. The van der Waals surface area contributed by atoms with Crippen LogP contribution in [0.15, 0.2) is 65.5 Å². The topological polar surface area (TPSA) is 49.0 Å². The van der Waals surface area contributed by atoms with Gasteiger partial charge in [0.05, 0.1) is 11.3 Å². The average Bonchev–Trinajstić information content (AvgIpc) is 3.23. The highest BCUT2D eigenvalue weighted by Gasteiger charge is 2.22. The van der Waals surface area contributed by atoms with Gasteiger partial charge in [-0.2, -0.15) is 0 Å². The van der Waals surface area contributed by atoms with Crippen molar-refractivity contribution in [1.82, 2.24) is 14.9 Å². The van der Waals surface area contributed by atoms with Crippen LogP contribution in [0.5, 0.6) is 0 Å². The monoisotopic (exact) mass is 447 g/mol. The fourth-order valence-electron chi connectivity index (χ4n) is 4.00. The molecule has 5 rings (SSSR count). The molecule has 156 valence electrons. The molecule has 2 aromatic carbocycles. The second-order valence-electron chi connectivity index (χ2n) is 7.94. The van der Waals surface area contributed by atoms with Gasteiger partial charge >= 0.3 is 0 Å². The maximum Gasteiger partial charge on any atom is 0.255 e. The van der Waals surface area contributed by atoms with Gasteiger partial charge in [0, 0.05) is 46.4 Å². The van der Waals surface area contributed by atoms with Gasteiger partial charge in [0.2, 0.25) is 0 Å². The van der Waals surface area contributed by atoms with Crippen LogP contribution in [0.3, 0.4) is 0 Å². The van der Waals surface area contributed by atoms with Crippen molar-refractivity contribution in [2.75, 3.05) is 6.54 Å². The number of fused-ring (bicyclic) bond motifs is 1. The fourth-order valence-corrected chi connectivity index (χ4v) is 5.17. The SMILES string of the molecule is Cc1cccc(-c2ccc(CN3CCc4nc(-c5ccc(Cl)cc5)[nH]c(=O)c4C3)s2)c1. The maximum atomic E-state index is 12.8. The Kier molecular flexibility index (Phi) is 5.48. The highest BCUT2D eigenvalue weighted by atomic mass is 35.5. The van der Waals surface area contributed by atoms with E-state index in [1.54, 1.807) is 0 Å². The van der Waals surface area contributed by atoms with Crippen molar-refractivity contribution in [2.24, 2.45) is 0 Å². The minimum Gasteiger partial charge on any atom is -0.306 e. The number of aromatic amines is 1. The standard InChI is InChI=1S/C25H22ClN3OS/c1-16-3-2-4-18(13-16)23-10-9-20(31-23)14-29-12-11-22-21(15-29)25(30)28-24(27-22)17-5-7-19(26)8-6-17/h2-10,13H,11-12,14-15H2,1H3,(H,27,28,30). The van der Waals surface area contributed by atoms with Gasteiger partial charge in [-0.05, 0) is 48.9 Å². The Bertz CT molecular complexity index is 1290. The average molecular weight is 448 g/mol. The predicted molar refractivity (Wildman–Crippen MR) is 128 cm³/mol. The highest BCUT2D eigenvalue weighted by Crippen LogP contribution is 2.30. The van der Waals surface area contributed by atoms with E-state index < -0.39 is 0 Å². The summed E-state index contributed by atoms with van der Waals surface area (Å²) in [5.41, 5.74) is 5.02. The minimum atomic E-state index is -0.0497. The van der Waals surface area contributed by atoms with Crippen LogP contribution in [-0.2, 0) is 19.5 Å². The number of aryl methyl sites for hydroxylation is 1. The van der Waals surface area contributed by atoms with Crippen LogP contribution in [0.2, 0.25) is 5.02 Å². The first-order valence-corrected chi connectivity index (χ1v) is 11.5. The smallest absolute Gasteiger partial charge is 0.255 e. The van der Waals surface area contributed by atoms with E-state index in [2.05, 4.69) is 53.2 Å². The summed E-state index contributed by atoms with van der Waals surface area (Å²) in [6.45, 7) is 4.47. The van der Waals surface area contributed by atoms with Crippen molar-refractivity contribution < 1.29 is 0 Å². The molecule has 1 aliphatic heterocycles. The van der Waals surface area contributed by atoms with Crippen molar-refractivity contribution in [1.29, 1.82) is 0 Å². The zero-order valence-corrected chi connectivity index (χ0v) is 18.8. The Morgan fingerprint density at radius 2 is 1.94 bits per heavy atom. The molecule has 0 radical (unpaired) electrons. The maximum absolute atomic E-state index is 12.8. The van der Waals surface area contributed by atoms with Crippen LogP contribution in [-0.4, -0.2) is 21.4 Å². The Hall–Kier alpha value is -2.73. The summed E-state index contributed by atoms with van der Waals surface area (Å²) in [7, 11) is 0. The van der Waals surface area contributed by atoms with E-state index in [9.17, 15) is 4.79 Å². The summed E-state index contributed by atoms with van der Waals surface area (Å²) < 4.78 is 0. The highest BCUT2D eigenvalue weighted by molar-refractivity contribution is 7.15. The summed E-state index contributed by atoms with van der Waals surface area (Å²) in [6.07, 6.45) is 0.774. The number of nitrogens with one attached hydrogen (secondary N) is 1. The van der Waals surface area contributed by atoms with Crippen molar-refractivity contribution in [2.45, 2.75) is 26.4 Å². The molecule has 0 amide bonds. The lowest BCUT2D eigenvalue weighted by Gasteiger charge is -2.27. The van der Waals surface area contributed by atoms with Crippen LogP contribution >= 0.6 is 22.9 Å². The van der Waals surface area contributed by atoms with E-state index in [4.69, 9.17) is 16.6 Å². The lowest BCUT2D eigenvalue weighted by Crippen LogP contribution is -2.35. The Labute approximate surface area is 190 Å². The van der Waals surface area contributed by atoms with E-state index in [1.807, 2.05) is 35.6 Å². The second kappa shape index (κ2) is 8.42. The molecular weight excluding hydrogens is 426 g/mol. The largest absolute Gasteiger partial charge is 0.306 e. The number of thiophene rings is 1. The minimum absolute atomic E-state index is 0.0497. The normalized spacial score (nSPS) is 13.9. The molecule has 0 spiro atoms. The van der Waals surface area contributed by atoms with Crippen LogP contribution in [0.25, 0.3) is 21.8 Å². The lowest BCUT2D eigenvalue weighted by atomic mass is 10.1. The van der Waals surface area contributed by atoms with Gasteiger partial charge in [-0.25, -0.2) is 4.98 Å². The zero-order valence-electron chi connectivity index (χ0n) is 17.2. The van der Waals surface area contributed by atoms with Crippen molar-refractivity contribution in [3.63, 3.8) is 0 Å². The number of hydrogen-bond donors (Lipinski definition) is 1. The van der Waals surface area contributed by atoms with Crippen LogP contribution in [0, 0.1) is 6.92 Å². The molecule has 0 saturated carbocycles. The van der Waals surface area contributed by atoms with E-state index in [0.717, 1.165) is 36.3 Å². The molecule has 4 nitrogen and oxygen atoms in total. The first-order valence-electron chi connectivity index (χ1n) is 10.3. The van der Waals surface area contributed by atoms with Gasteiger partial charge in [0.25, 0.3) is 5.56 Å². The molecule has 31 heavy (non-hydrogen) atoms. The van der Waals surface area contributed by atoms with E-state index in [0.29, 0.717) is 17.4 Å². The molecule has 0 saturated heterocycles. The van der Waals surface area contributed by atoms with E-state index in [1.165, 1.54) is 20.9 Å². The molecule has 2 aromatic heterocycles. The van der Waals surface area contributed by atoms with Gasteiger partial charge in [-0.3, -0.25) is 9.69 Å². The molecule has 0 unspecified atom stereocenters. The molecule has 0 fully saturated rings. The summed E-state index contributed by atoms with van der Waals surface area (Å²) >= 11 is 7.80. The molecule has 3 heterocycles. The van der Waals surface area contributed by atoms with Gasteiger partial charge in [-0.15, -0.1) is 11.3 Å². The van der Waals surface area contributed by atoms with Crippen molar-refractivity contribution >= 4 is 22.9 Å². The number of H-pyrrole nitrogens is 1. The quantitative estimate of drug-likeness (QED) is 0.437. The van der Waals surface area contributed by atoms with Gasteiger partial charge in [0.1, 0.15) is 5.82 Å². The lowest BCUT2D eigenvalue weighted by molar-refractivity contribution is 0.244. The third-order valence-corrected chi connectivity index (χ3v) is 6.98. The summed E-state index contributed by atoms with van der Waals surface area (Å²) in [5.74, 6) is 0.606. The Morgan fingerprint density at radius 1 is 1.10 bits per heavy atom. The Balaban J connectivity index is 1.33. The van der Waals surface area contributed by atoms with Gasteiger partial charge in [-0.1, -0.05) is 41.4 Å². The molecule has 1 aliphatic rings. The first kappa shape index (κ1) is 20.2. The molecule has 4 aromatic rings. The number of rotatable bonds is 4. The van der Waals surface area contributed by atoms with E-state index in [-0.39, 0.29) is 5.56 Å². The summed E-state index contributed by atoms with van der Waals surface area (Å²) in [6, 6.07) is 20.4. The molecule has 0 bridgehead atoms. The van der Waals surface area contributed by atoms with Gasteiger partial charge in [0.15, 0.2) is 0 Å². The van der Waals surface area contributed by atoms with Crippen molar-refractivity contribution in [3.05, 3.63) is 97.7 Å². The molecule has 0 atom stereocenters. The number of hydrogen-bond acceptors (Lipinski definition) is 4. The van der Waals surface area contributed by atoms with E-state index >= 15 is 0 Å². The van der Waals surface area contributed by atoms with Crippen LogP contribution < -0.4 is 5.56 Å². The summed E-state index contributed by atoms with van der Waals surface area (Å²) in [5, 5.41) is 0.666. The predicted octanol–water partition coefficient (Wildman–Crippen LogP) is 5.69. The number of aromatic nitrogens is 2. The van der Waals surface area contributed by atoms with Crippen LogP contribution in [0.4, 0.5) is 0 Å². The molecular formula is C25H22ClN3OS. The molecule has 1 N–H and O–H groups in total.